The molecule has 9 nitrogen and oxygen atoms in total. The SMILES string of the molecule is CCCOCCOCCOCCOc1ccc(-c2nnc(S(C)(=O)=O)o2)cc1. The van der Waals surface area contributed by atoms with E-state index in [0.717, 1.165) is 19.3 Å². The van der Waals surface area contributed by atoms with Gasteiger partial charge in [-0.05, 0) is 30.7 Å². The van der Waals surface area contributed by atoms with Gasteiger partial charge in [0.1, 0.15) is 12.4 Å². The summed E-state index contributed by atoms with van der Waals surface area (Å²) in [5.41, 5.74) is 0.603. The predicted octanol–water partition coefficient (Wildman–Crippen LogP) is 1.98. The molecule has 0 N–H and O–H groups in total. The Kier molecular flexibility index (Phi) is 9.35. The zero-order valence-corrected chi connectivity index (χ0v) is 16.9. The van der Waals surface area contributed by atoms with Gasteiger partial charge in [-0.1, -0.05) is 12.0 Å². The second-order valence-electron chi connectivity index (χ2n) is 5.86. The molecule has 2 rings (SSSR count). The first-order chi connectivity index (χ1) is 13.5. The Bertz CT molecular complexity index is 791. The summed E-state index contributed by atoms with van der Waals surface area (Å²) < 4.78 is 49.6. The lowest BCUT2D eigenvalue weighted by molar-refractivity contribution is 0.00945. The van der Waals surface area contributed by atoms with Crippen LogP contribution >= 0.6 is 0 Å². The van der Waals surface area contributed by atoms with Crippen LogP contribution in [0.15, 0.2) is 33.9 Å². The quantitative estimate of drug-likeness (QED) is 0.428. The van der Waals surface area contributed by atoms with Crippen LogP contribution in [-0.4, -0.2) is 71.1 Å². The van der Waals surface area contributed by atoms with E-state index in [9.17, 15) is 8.42 Å². The van der Waals surface area contributed by atoms with Gasteiger partial charge in [0, 0.05) is 18.4 Å². The van der Waals surface area contributed by atoms with Crippen molar-refractivity contribution in [2.45, 2.75) is 18.6 Å². The minimum Gasteiger partial charge on any atom is -0.491 e. The van der Waals surface area contributed by atoms with Crippen LogP contribution < -0.4 is 4.74 Å². The summed E-state index contributed by atoms with van der Waals surface area (Å²) in [6.45, 7) is 5.85. The average Bonchev–Trinajstić information content (AvgIpc) is 3.17. The highest BCUT2D eigenvalue weighted by molar-refractivity contribution is 7.90. The molecule has 0 spiro atoms. The molecular formula is C18H26N2O7S. The van der Waals surface area contributed by atoms with E-state index in [2.05, 4.69) is 17.1 Å². The lowest BCUT2D eigenvalue weighted by Gasteiger charge is -2.08. The summed E-state index contributed by atoms with van der Waals surface area (Å²) in [7, 11) is -3.52. The zero-order valence-electron chi connectivity index (χ0n) is 16.1. The molecule has 0 unspecified atom stereocenters. The van der Waals surface area contributed by atoms with Crippen molar-refractivity contribution in [3.05, 3.63) is 24.3 Å². The van der Waals surface area contributed by atoms with E-state index in [0.29, 0.717) is 51.0 Å². The predicted molar refractivity (Wildman–Crippen MR) is 101 cm³/mol. The van der Waals surface area contributed by atoms with Crippen LogP contribution in [0.4, 0.5) is 0 Å². The number of hydrogen-bond acceptors (Lipinski definition) is 9. The minimum atomic E-state index is -3.52. The highest BCUT2D eigenvalue weighted by Crippen LogP contribution is 2.22. The molecule has 28 heavy (non-hydrogen) atoms. The molecule has 0 fully saturated rings. The first kappa shape index (κ1) is 22.3. The van der Waals surface area contributed by atoms with Crippen molar-refractivity contribution in [2.75, 3.05) is 52.5 Å². The molecule has 0 aliphatic rings. The van der Waals surface area contributed by atoms with E-state index in [1.165, 1.54) is 0 Å². The molecule has 156 valence electrons. The molecule has 0 atom stereocenters. The van der Waals surface area contributed by atoms with Crippen LogP contribution in [0.3, 0.4) is 0 Å². The van der Waals surface area contributed by atoms with Gasteiger partial charge in [-0.25, -0.2) is 8.42 Å². The number of nitrogens with zero attached hydrogens (tertiary/aromatic N) is 2. The zero-order chi connectivity index (χ0) is 20.2. The average molecular weight is 414 g/mol. The van der Waals surface area contributed by atoms with Gasteiger partial charge < -0.3 is 23.4 Å². The Morgan fingerprint density at radius 3 is 1.96 bits per heavy atom. The Hall–Kier alpha value is -2.01. The maximum absolute atomic E-state index is 11.4. The molecule has 1 aromatic heterocycles. The maximum atomic E-state index is 11.4. The Labute approximate surface area is 164 Å². The molecule has 0 aliphatic heterocycles. The number of benzene rings is 1. The van der Waals surface area contributed by atoms with Crippen LogP contribution in [0.1, 0.15) is 13.3 Å². The number of rotatable bonds is 14. The van der Waals surface area contributed by atoms with Crippen molar-refractivity contribution < 1.29 is 31.8 Å². The molecule has 2 aromatic rings. The molecule has 1 aromatic carbocycles. The lowest BCUT2D eigenvalue weighted by Crippen LogP contribution is -2.12. The fourth-order valence-corrected chi connectivity index (χ4v) is 2.49. The summed E-state index contributed by atoms with van der Waals surface area (Å²) >= 11 is 0. The minimum absolute atomic E-state index is 0.135. The number of aromatic nitrogens is 2. The van der Waals surface area contributed by atoms with Crippen LogP contribution in [0.2, 0.25) is 0 Å². The maximum Gasteiger partial charge on any atom is 0.335 e. The molecule has 0 aliphatic carbocycles. The van der Waals surface area contributed by atoms with E-state index in [4.69, 9.17) is 23.4 Å². The summed E-state index contributed by atoms with van der Waals surface area (Å²) in [5.74, 6) is 0.787. The molecule has 0 saturated carbocycles. The monoisotopic (exact) mass is 414 g/mol. The van der Waals surface area contributed by atoms with E-state index in [-0.39, 0.29) is 5.89 Å². The van der Waals surface area contributed by atoms with E-state index in [1.54, 1.807) is 24.3 Å². The molecule has 0 amide bonds. The molecule has 0 saturated heterocycles. The fourth-order valence-electron chi connectivity index (χ4n) is 2.07. The number of hydrogen-bond donors (Lipinski definition) is 0. The van der Waals surface area contributed by atoms with Gasteiger partial charge >= 0.3 is 5.22 Å². The van der Waals surface area contributed by atoms with Crippen molar-refractivity contribution in [1.82, 2.24) is 10.2 Å². The standard InChI is InChI=1S/C18H26N2O7S/c1-3-8-23-9-10-24-11-12-25-13-14-26-16-6-4-15(5-7-16)17-19-20-18(27-17)28(2,21)22/h4-7H,3,8-14H2,1-2H3. The Morgan fingerprint density at radius 2 is 1.43 bits per heavy atom. The van der Waals surface area contributed by atoms with E-state index in [1.807, 2.05) is 0 Å². The summed E-state index contributed by atoms with van der Waals surface area (Å²) in [4.78, 5) is 0. The third-order valence-corrected chi connectivity index (χ3v) is 4.21. The Balaban J connectivity index is 1.61. The van der Waals surface area contributed by atoms with Crippen molar-refractivity contribution >= 4 is 9.84 Å². The second-order valence-corrected chi connectivity index (χ2v) is 7.75. The molecule has 1 heterocycles. The molecular weight excluding hydrogens is 388 g/mol. The van der Waals surface area contributed by atoms with Gasteiger partial charge in [0.15, 0.2) is 0 Å². The molecule has 0 bridgehead atoms. The highest BCUT2D eigenvalue weighted by Gasteiger charge is 2.17. The third kappa shape index (κ3) is 7.93. The van der Waals surface area contributed by atoms with Crippen LogP contribution in [-0.2, 0) is 24.0 Å². The first-order valence-corrected chi connectivity index (χ1v) is 10.9. The van der Waals surface area contributed by atoms with Gasteiger partial charge in [0.05, 0.1) is 33.0 Å². The van der Waals surface area contributed by atoms with Gasteiger partial charge in [-0.3, -0.25) is 0 Å². The number of ether oxygens (including phenoxy) is 4. The third-order valence-electron chi connectivity index (χ3n) is 3.41. The second kappa shape index (κ2) is 11.7. The lowest BCUT2D eigenvalue weighted by atomic mass is 10.2. The fraction of sp³-hybridized carbons (Fsp3) is 0.556. The number of sulfone groups is 1. The van der Waals surface area contributed by atoms with Crippen molar-refractivity contribution in [3.63, 3.8) is 0 Å². The van der Waals surface area contributed by atoms with Gasteiger partial charge in [-0.15, -0.1) is 5.10 Å². The normalized spacial score (nSPS) is 11.6. The summed E-state index contributed by atoms with van der Waals surface area (Å²) in [6.07, 6.45) is 2.02. The summed E-state index contributed by atoms with van der Waals surface area (Å²) in [6, 6.07) is 6.90. The topological polar surface area (TPSA) is 110 Å². The van der Waals surface area contributed by atoms with Gasteiger partial charge in [0.2, 0.25) is 15.7 Å². The molecule has 0 radical (unpaired) electrons. The smallest absolute Gasteiger partial charge is 0.335 e. The highest BCUT2D eigenvalue weighted by atomic mass is 32.2. The molecule has 10 heteroatoms. The van der Waals surface area contributed by atoms with Crippen molar-refractivity contribution in [3.8, 4) is 17.2 Å². The van der Waals surface area contributed by atoms with E-state index < -0.39 is 15.1 Å². The van der Waals surface area contributed by atoms with Gasteiger partial charge in [0.25, 0.3) is 0 Å². The summed E-state index contributed by atoms with van der Waals surface area (Å²) in [5, 5.41) is 6.86. The largest absolute Gasteiger partial charge is 0.491 e. The first-order valence-electron chi connectivity index (χ1n) is 9.00. The van der Waals surface area contributed by atoms with Crippen LogP contribution in [0.25, 0.3) is 11.5 Å². The van der Waals surface area contributed by atoms with Crippen molar-refractivity contribution in [1.29, 1.82) is 0 Å². The van der Waals surface area contributed by atoms with Crippen LogP contribution in [0, 0.1) is 0 Å². The van der Waals surface area contributed by atoms with Crippen LogP contribution in [0.5, 0.6) is 5.75 Å². The van der Waals surface area contributed by atoms with Gasteiger partial charge in [-0.2, -0.15) is 0 Å². The van der Waals surface area contributed by atoms with Crippen molar-refractivity contribution in [2.24, 2.45) is 0 Å². The van der Waals surface area contributed by atoms with E-state index >= 15 is 0 Å². The Morgan fingerprint density at radius 1 is 0.857 bits per heavy atom.